The highest BCUT2D eigenvalue weighted by Crippen LogP contribution is 2.23. The van der Waals surface area contributed by atoms with E-state index in [1.165, 1.54) is 13.0 Å². The SMILES string of the molecule is CCOc1cc([C@@H](C)OS(C)(=O)=O)ncc1F. The summed E-state index contributed by atoms with van der Waals surface area (Å²) in [5, 5.41) is 0. The minimum atomic E-state index is -3.58. The first-order valence-corrected chi connectivity index (χ1v) is 6.81. The van der Waals surface area contributed by atoms with Crippen LogP contribution < -0.4 is 4.74 Å². The summed E-state index contributed by atoms with van der Waals surface area (Å²) >= 11 is 0. The van der Waals surface area contributed by atoms with E-state index in [4.69, 9.17) is 8.92 Å². The molecule has 0 saturated carbocycles. The molecule has 0 aliphatic carbocycles. The fourth-order valence-corrected chi connectivity index (χ4v) is 1.86. The van der Waals surface area contributed by atoms with Crippen LogP contribution in [0.25, 0.3) is 0 Å². The number of hydrogen-bond acceptors (Lipinski definition) is 5. The molecule has 0 radical (unpaired) electrons. The molecule has 0 unspecified atom stereocenters. The highest BCUT2D eigenvalue weighted by atomic mass is 32.2. The topological polar surface area (TPSA) is 65.5 Å². The molecule has 1 rings (SSSR count). The van der Waals surface area contributed by atoms with Crippen molar-refractivity contribution in [3.05, 3.63) is 23.8 Å². The van der Waals surface area contributed by atoms with Crippen LogP contribution in [0.15, 0.2) is 12.3 Å². The van der Waals surface area contributed by atoms with Crippen LogP contribution in [-0.4, -0.2) is 26.3 Å². The summed E-state index contributed by atoms with van der Waals surface area (Å²) in [4.78, 5) is 3.76. The van der Waals surface area contributed by atoms with Gasteiger partial charge in [-0.25, -0.2) is 4.39 Å². The van der Waals surface area contributed by atoms with Crippen molar-refractivity contribution in [3.8, 4) is 5.75 Å². The third-order valence-corrected chi connectivity index (χ3v) is 2.52. The quantitative estimate of drug-likeness (QED) is 0.756. The second-order valence-corrected chi connectivity index (χ2v) is 5.02. The first-order valence-electron chi connectivity index (χ1n) is 5.00. The first-order chi connectivity index (χ1) is 7.83. The molecule has 0 saturated heterocycles. The lowest BCUT2D eigenvalue weighted by Crippen LogP contribution is -2.09. The van der Waals surface area contributed by atoms with Gasteiger partial charge in [-0.2, -0.15) is 8.42 Å². The molecule has 1 aromatic heterocycles. The number of halogens is 1. The zero-order valence-corrected chi connectivity index (χ0v) is 10.6. The highest BCUT2D eigenvalue weighted by molar-refractivity contribution is 7.86. The Morgan fingerprint density at radius 3 is 2.71 bits per heavy atom. The van der Waals surface area contributed by atoms with Gasteiger partial charge in [0.1, 0.15) is 6.10 Å². The molecule has 1 heterocycles. The van der Waals surface area contributed by atoms with Crippen molar-refractivity contribution in [2.45, 2.75) is 20.0 Å². The molecule has 0 fully saturated rings. The Morgan fingerprint density at radius 2 is 2.18 bits per heavy atom. The number of aromatic nitrogens is 1. The van der Waals surface area contributed by atoms with Gasteiger partial charge in [0.25, 0.3) is 10.1 Å². The first kappa shape index (κ1) is 13.9. The number of rotatable bonds is 5. The van der Waals surface area contributed by atoms with Gasteiger partial charge < -0.3 is 4.74 Å². The van der Waals surface area contributed by atoms with Crippen molar-refractivity contribution in [3.63, 3.8) is 0 Å². The minimum Gasteiger partial charge on any atom is -0.491 e. The summed E-state index contributed by atoms with van der Waals surface area (Å²) in [7, 11) is -3.58. The third kappa shape index (κ3) is 4.27. The van der Waals surface area contributed by atoms with Gasteiger partial charge in [0.05, 0.1) is 24.8 Å². The van der Waals surface area contributed by atoms with E-state index in [2.05, 4.69) is 4.98 Å². The normalized spacial score (nSPS) is 13.4. The number of hydrogen-bond donors (Lipinski definition) is 0. The summed E-state index contributed by atoms with van der Waals surface area (Å²) in [6.45, 7) is 3.54. The fraction of sp³-hybridized carbons (Fsp3) is 0.500. The molecule has 0 aromatic carbocycles. The second kappa shape index (κ2) is 5.42. The van der Waals surface area contributed by atoms with Crippen LogP contribution in [0.1, 0.15) is 25.6 Å². The predicted molar refractivity (Wildman–Crippen MR) is 59.7 cm³/mol. The molecule has 1 atom stereocenters. The fourth-order valence-electron chi connectivity index (χ4n) is 1.24. The lowest BCUT2D eigenvalue weighted by Gasteiger charge is -2.12. The molecule has 17 heavy (non-hydrogen) atoms. The van der Waals surface area contributed by atoms with Crippen molar-refractivity contribution >= 4 is 10.1 Å². The van der Waals surface area contributed by atoms with E-state index in [-0.39, 0.29) is 5.75 Å². The summed E-state index contributed by atoms with van der Waals surface area (Å²) in [6.07, 6.45) is 1.13. The summed E-state index contributed by atoms with van der Waals surface area (Å²) in [6, 6.07) is 1.33. The lowest BCUT2D eigenvalue weighted by molar-refractivity contribution is 0.229. The molecule has 96 valence electrons. The van der Waals surface area contributed by atoms with Gasteiger partial charge in [0, 0.05) is 6.07 Å². The van der Waals surface area contributed by atoms with Crippen molar-refractivity contribution in [2.24, 2.45) is 0 Å². The largest absolute Gasteiger partial charge is 0.491 e. The van der Waals surface area contributed by atoms with Gasteiger partial charge in [-0.3, -0.25) is 9.17 Å². The van der Waals surface area contributed by atoms with E-state index < -0.39 is 22.0 Å². The molecule has 5 nitrogen and oxygen atoms in total. The molecule has 7 heteroatoms. The Kier molecular flexibility index (Phi) is 4.41. The Labute approximate surface area is 99.7 Å². The number of nitrogens with zero attached hydrogens (tertiary/aromatic N) is 1. The monoisotopic (exact) mass is 263 g/mol. The average molecular weight is 263 g/mol. The molecule has 0 aliphatic heterocycles. The number of pyridine rings is 1. The number of ether oxygens (including phenoxy) is 1. The van der Waals surface area contributed by atoms with E-state index >= 15 is 0 Å². The average Bonchev–Trinajstić information content (AvgIpc) is 2.19. The van der Waals surface area contributed by atoms with Crippen LogP contribution in [-0.2, 0) is 14.3 Å². The maximum absolute atomic E-state index is 13.2. The van der Waals surface area contributed by atoms with Gasteiger partial charge in [0.2, 0.25) is 0 Å². The van der Waals surface area contributed by atoms with E-state index in [1.54, 1.807) is 6.92 Å². The molecule has 0 aliphatic rings. The van der Waals surface area contributed by atoms with Crippen LogP contribution in [0.4, 0.5) is 4.39 Å². The smallest absolute Gasteiger partial charge is 0.265 e. The molecule has 0 amide bonds. The van der Waals surface area contributed by atoms with Gasteiger partial charge >= 0.3 is 0 Å². The van der Waals surface area contributed by atoms with Gasteiger partial charge in [0.15, 0.2) is 11.6 Å². The Morgan fingerprint density at radius 1 is 1.53 bits per heavy atom. The molecule has 0 spiro atoms. The third-order valence-electron chi connectivity index (χ3n) is 1.88. The van der Waals surface area contributed by atoms with Gasteiger partial charge in [-0.15, -0.1) is 0 Å². The van der Waals surface area contributed by atoms with Gasteiger partial charge in [-0.05, 0) is 13.8 Å². The molecule has 0 N–H and O–H groups in total. The van der Waals surface area contributed by atoms with Crippen molar-refractivity contribution in [1.82, 2.24) is 4.98 Å². The maximum atomic E-state index is 13.2. The maximum Gasteiger partial charge on any atom is 0.265 e. The second-order valence-electron chi connectivity index (χ2n) is 3.42. The Balaban J connectivity index is 2.95. The van der Waals surface area contributed by atoms with Crippen LogP contribution in [0, 0.1) is 5.82 Å². The highest BCUT2D eigenvalue weighted by Gasteiger charge is 2.16. The molecule has 0 bridgehead atoms. The summed E-state index contributed by atoms with van der Waals surface area (Å²) in [5.74, 6) is -0.566. The van der Waals surface area contributed by atoms with Crippen molar-refractivity contribution in [2.75, 3.05) is 12.9 Å². The summed E-state index contributed by atoms with van der Waals surface area (Å²) < 4.78 is 44.9. The van der Waals surface area contributed by atoms with E-state index in [9.17, 15) is 12.8 Å². The van der Waals surface area contributed by atoms with Crippen LogP contribution in [0.3, 0.4) is 0 Å². The minimum absolute atomic E-state index is 0.0291. The zero-order valence-electron chi connectivity index (χ0n) is 9.81. The Hall–Kier alpha value is -1.21. The molecular weight excluding hydrogens is 249 g/mol. The van der Waals surface area contributed by atoms with E-state index in [1.807, 2.05) is 0 Å². The van der Waals surface area contributed by atoms with E-state index in [0.29, 0.717) is 12.3 Å². The van der Waals surface area contributed by atoms with Crippen LogP contribution in [0.2, 0.25) is 0 Å². The van der Waals surface area contributed by atoms with Crippen LogP contribution >= 0.6 is 0 Å². The lowest BCUT2D eigenvalue weighted by atomic mass is 10.2. The van der Waals surface area contributed by atoms with Gasteiger partial charge in [-0.1, -0.05) is 0 Å². The standard InChI is InChI=1S/C10H14FNO4S/c1-4-15-10-5-9(12-6-8(10)11)7(2)16-17(3,13)14/h5-7H,4H2,1-3H3/t7-/m1/s1. The predicted octanol–water partition coefficient (Wildman–Crippen LogP) is 1.66. The summed E-state index contributed by atoms with van der Waals surface area (Å²) in [5.41, 5.74) is 0.292. The molecular formula is C10H14FNO4S. The molecule has 1 aromatic rings. The zero-order chi connectivity index (χ0) is 13.1. The Bertz CT molecular complexity index is 489. The van der Waals surface area contributed by atoms with Crippen LogP contribution in [0.5, 0.6) is 5.75 Å². The van der Waals surface area contributed by atoms with E-state index in [0.717, 1.165) is 12.5 Å². The van der Waals surface area contributed by atoms with Crippen molar-refractivity contribution in [1.29, 1.82) is 0 Å². The van der Waals surface area contributed by atoms with Crippen molar-refractivity contribution < 1.29 is 21.7 Å².